The lowest BCUT2D eigenvalue weighted by Crippen LogP contribution is -2.30. The van der Waals surface area contributed by atoms with Crippen molar-refractivity contribution in [2.24, 2.45) is 0 Å². The number of aryl methyl sites for hydroxylation is 3. The Morgan fingerprint density at radius 2 is 1.69 bits per heavy atom. The third-order valence-electron chi connectivity index (χ3n) is 4.46. The standard InChI is InChI=1S/C22H21FN2O3S/c1-12-6-5-7-13(2)18(12)25-20(26)15(4)28-22(27)19-14(3)24-21(29-19)16-8-10-17(23)11-9-16/h5-11,15H,1-4H3,(H,25,26). The second-order valence-electron chi connectivity index (χ2n) is 6.74. The highest BCUT2D eigenvalue weighted by Gasteiger charge is 2.23. The number of hydrogen-bond donors (Lipinski definition) is 1. The number of benzene rings is 2. The molecule has 0 fully saturated rings. The Bertz CT molecular complexity index is 1040. The zero-order valence-corrected chi connectivity index (χ0v) is 17.4. The summed E-state index contributed by atoms with van der Waals surface area (Å²) in [5.41, 5.74) is 3.78. The molecule has 7 heteroatoms. The minimum Gasteiger partial charge on any atom is -0.448 e. The Morgan fingerprint density at radius 3 is 2.31 bits per heavy atom. The molecule has 0 aliphatic heterocycles. The minimum absolute atomic E-state index is 0.316. The number of amides is 1. The summed E-state index contributed by atoms with van der Waals surface area (Å²) in [6, 6.07) is 11.6. The van der Waals surface area contributed by atoms with Gasteiger partial charge in [0, 0.05) is 11.3 Å². The number of ether oxygens (including phenoxy) is 1. The van der Waals surface area contributed by atoms with E-state index in [-0.39, 0.29) is 5.82 Å². The molecule has 0 bridgehead atoms. The molecule has 150 valence electrons. The molecule has 1 N–H and O–H groups in total. The van der Waals surface area contributed by atoms with Crippen LogP contribution in [0.25, 0.3) is 10.6 Å². The van der Waals surface area contributed by atoms with Gasteiger partial charge in [0.1, 0.15) is 15.7 Å². The van der Waals surface area contributed by atoms with Gasteiger partial charge in [0.05, 0.1) is 5.69 Å². The van der Waals surface area contributed by atoms with Gasteiger partial charge in [-0.1, -0.05) is 18.2 Å². The van der Waals surface area contributed by atoms with Crippen LogP contribution in [-0.4, -0.2) is 23.0 Å². The van der Waals surface area contributed by atoms with Crippen molar-refractivity contribution in [2.75, 3.05) is 5.32 Å². The van der Waals surface area contributed by atoms with Crippen molar-refractivity contribution >= 4 is 28.9 Å². The number of halogens is 1. The number of nitrogens with zero attached hydrogens (tertiary/aromatic N) is 1. The molecule has 0 aliphatic carbocycles. The fourth-order valence-corrected chi connectivity index (χ4v) is 3.76. The van der Waals surface area contributed by atoms with Crippen LogP contribution in [0.3, 0.4) is 0 Å². The second kappa shape index (κ2) is 8.53. The summed E-state index contributed by atoms with van der Waals surface area (Å²) in [4.78, 5) is 29.7. The van der Waals surface area contributed by atoms with Gasteiger partial charge in [0.25, 0.3) is 5.91 Å². The summed E-state index contributed by atoms with van der Waals surface area (Å²) in [7, 11) is 0. The smallest absolute Gasteiger partial charge is 0.351 e. The summed E-state index contributed by atoms with van der Waals surface area (Å²) < 4.78 is 18.5. The summed E-state index contributed by atoms with van der Waals surface area (Å²) in [5, 5.41) is 3.41. The number of esters is 1. The van der Waals surface area contributed by atoms with Crippen LogP contribution in [0.15, 0.2) is 42.5 Å². The van der Waals surface area contributed by atoms with Crippen LogP contribution < -0.4 is 5.32 Å². The predicted molar refractivity (Wildman–Crippen MR) is 112 cm³/mol. The van der Waals surface area contributed by atoms with Gasteiger partial charge < -0.3 is 10.1 Å². The van der Waals surface area contributed by atoms with Gasteiger partial charge in [-0.25, -0.2) is 14.2 Å². The van der Waals surface area contributed by atoms with Crippen molar-refractivity contribution in [3.05, 3.63) is 70.0 Å². The van der Waals surface area contributed by atoms with E-state index >= 15 is 0 Å². The lowest BCUT2D eigenvalue weighted by Gasteiger charge is -2.16. The number of carbonyl (C=O) groups excluding carboxylic acids is 2. The first kappa shape index (κ1) is 20.7. The van der Waals surface area contributed by atoms with Crippen LogP contribution >= 0.6 is 11.3 Å². The highest BCUT2D eigenvalue weighted by atomic mass is 32.1. The lowest BCUT2D eigenvalue weighted by atomic mass is 10.1. The molecule has 1 aromatic heterocycles. The van der Waals surface area contributed by atoms with Gasteiger partial charge in [0.15, 0.2) is 6.10 Å². The van der Waals surface area contributed by atoms with Crippen molar-refractivity contribution in [3.63, 3.8) is 0 Å². The fourth-order valence-electron chi connectivity index (χ4n) is 2.81. The van der Waals surface area contributed by atoms with Crippen LogP contribution in [-0.2, 0) is 9.53 Å². The molecule has 29 heavy (non-hydrogen) atoms. The molecule has 1 unspecified atom stereocenters. The number of aromatic nitrogens is 1. The number of anilines is 1. The van der Waals surface area contributed by atoms with Crippen LogP contribution in [0.5, 0.6) is 0 Å². The number of rotatable bonds is 5. The molecule has 0 saturated carbocycles. The van der Waals surface area contributed by atoms with E-state index in [1.807, 2.05) is 32.0 Å². The van der Waals surface area contributed by atoms with Crippen molar-refractivity contribution in [2.45, 2.75) is 33.8 Å². The SMILES string of the molecule is Cc1cccc(C)c1NC(=O)C(C)OC(=O)c1sc(-c2ccc(F)cc2)nc1C. The molecule has 1 amide bonds. The average Bonchev–Trinajstić information content (AvgIpc) is 3.07. The molecular formula is C22H21FN2O3S. The molecule has 0 aliphatic rings. The number of carbonyl (C=O) groups is 2. The maximum Gasteiger partial charge on any atom is 0.351 e. The van der Waals surface area contributed by atoms with Gasteiger partial charge in [-0.15, -0.1) is 11.3 Å². The Balaban J connectivity index is 1.71. The third kappa shape index (κ3) is 4.68. The van der Waals surface area contributed by atoms with Crippen molar-refractivity contribution in [1.82, 2.24) is 4.98 Å². The first-order valence-electron chi connectivity index (χ1n) is 9.07. The molecule has 2 aromatic carbocycles. The van der Waals surface area contributed by atoms with Gasteiger partial charge in [-0.2, -0.15) is 0 Å². The average molecular weight is 412 g/mol. The maximum atomic E-state index is 13.1. The molecule has 3 aromatic rings. The lowest BCUT2D eigenvalue weighted by molar-refractivity contribution is -0.123. The Morgan fingerprint density at radius 1 is 1.07 bits per heavy atom. The Labute approximate surface area is 172 Å². The van der Waals surface area contributed by atoms with E-state index in [0.717, 1.165) is 22.5 Å². The van der Waals surface area contributed by atoms with Gasteiger partial charge >= 0.3 is 5.97 Å². The maximum absolute atomic E-state index is 13.1. The van der Waals surface area contributed by atoms with Crippen LogP contribution in [0.2, 0.25) is 0 Å². The molecule has 3 rings (SSSR count). The van der Waals surface area contributed by atoms with Crippen LogP contribution in [0, 0.1) is 26.6 Å². The van der Waals surface area contributed by atoms with Crippen LogP contribution in [0.4, 0.5) is 10.1 Å². The highest BCUT2D eigenvalue weighted by Crippen LogP contribution is 2.29. The van der Waals surface area contributed by atoms with E-state index in [4.69, 9.17) is 4.74 Å². The topological polar surface area (TPSA) is 68.3 Å². The van der Waals surface area contributed by atoms with Crippen LogP contribution in [0.1, 0.15) is 33.4 Å². The van der Waals surface area contributed by atoms with Crippen molar-refractivity contribution < 1.29 is 18.7 Å². The van der Waals surface area contributed by atoms with E-state index in [0.29, 0.717) is 26.8 Å². The number of hydrogen-bond acceptors (Lipinski definition) is 5. The highest BCUT2D eigenvalue weighted by molar-refractivity contribution is 7.17. The van der Waals surface area contributed by atoms with E-state index < -0.39 is 18.0 Å². The molecule has 0 radical (unpaired) electrons. The van der Waals surface area contributed by atoms with Gasteiger partial charge in [-0.05, 0) is 63.1 Å². The first-order valence-corrected chi connectivity index (χ1v) is 9.89. The largest absolute Gasteiger partial charge is 0.448 e. The predicted octanol–water partition coefficient (Wildman–Crippen LogP) is 5.06. The summed E-state index contributed by atoms with van der Waals surface area (Å²) >= 11 is 1.15. The van der Waals surface area contributed by atoms with Crippen molar-refractivity contribution in [1.29, 1.82) is 0 Å². The third-order valence-corrected chi connectivity index (χ3v) is 5.64. The van der Waals surface area contributed by atoms with E-state index in [9.17, 15) is 14.0 Å². The van der Waals surface area contributed by atoms with E-state index in [1.54, 1.807) is 19.1 Å². The molecule has 1 atom stereocenters. The zero-order valence-electron chi connectivity index (χ0n) is 16.6. The summed E-state index contributed by atoms with van der Waals surface area (Å²) in [6.45, 7) is 7.02. The molecule has 0 saturated heterocycles. The van der Waals surface area contributed by atoms with Crippen molar-refractivity contribution in [3.8, 4) is 10.6 Å². The fraction of sp³-hybridized carbons (Fsp3) is 0.227. The summed E-state index contributed by atoms with van der Waals surface area (Å²) in [6.07, 6.45) is -0.975. The Hall–Kier alpha value is -3.06. The first-order chi connectivity index (χ1) is 13.8. The number of thiazole rings is 1. The molecule has 0 spiro atoms. The minimum atomic E-state index is -0.975. The summed E-state index contributed by atoms with van der Waals surface area (Å²) in [5.74, 6) is -1.36. The van der Waals surface area contributed by atoms with E-state index in [2.05, 4.69) is 10.3 Å². The number of nitrogens with one attached hydrogen (secondary N) is 1. The van der Waals surface area contributed by atoms with E-state index in [1.165, 1.54) is 19.1 Å². The van der Waals surface area contributed by atoms with Gasteiger partial charge in [-0.3, -0.25) is 4.79 Å². The zero-order chi connectivity index (χ0) is 21.1. The molecule has 5 nitrogen and oxygen atoms in total. The van der Waals surface area contributed by atoms with Gasteiger partial charge in [0.2, 0.25) is 0 Å². The quantitative estimate of drug-likeness (QED) is 0.595. The normalized spacial score (nSPS) is 11.8. The second-order valence-corrected chi connectivity index (χ2v) is 7.74. The molecule has 1 heterocycles. The molecular weight excluding hydrogens is 391 g/mol. The monoisotopic (exact) mass is 412 g/mol. The number of para-hydroxylation sites is 1. The Kier molecular flexibility index (Phi) is 6.08.